The van der Waals surface area contributed by atoms with Crippen molar-refractivity contribution in [2.24, 2.45) is 5.92 Å². The first-order chi connectivity index (χ1) is 8.41. The quantitative estimate of drug-likeness (QED) is 0.598. The molecule has 1 heterocycles. The maximum atomic E-state index is 11.8. The predicted molar refractivity (Wildman–Crippen MR) is 62.6 cm³/mol. The molecule has 0 atom stereocenters. The highest BCUT2D eigenvalue weighted by atomic mass is 16.6. The molecule has 0 spiro atoms. The van der Waals surface area contributed by atoms with E-state index in [-0.39, 0.29) is 22.7 Å². The Morgan fingerprint density at radius 1 is 1.44 bits per heavy atom. The second-order valence-corrected chi connectivity index (χ2v) is 4.11. The van der Waals surface area contributed by atoms with Crippen LogP contribution in [0.25, 0.3) is 11.1 Å². The van der Waals surface area contributed by atoms with Gasteiger partial charge >= 0.3 is 5.76 Å². The van der Waals surface area contributed by atoms with Crippen LogP contribution >= 0.6 is 0 Å². The maximum absolute atomic E-state index is 11.8. The van der Waals surface area contributed by atoms with Crippen molar-refractivity contribution < 1.29 is 14.1 Å². The summed E-state index contributed by atoms with van der Waals surface area (Å²) in [5.74, 6) is -1.62. The minimum absolute atomic E-state index is 0.0307. The van der Waals surface area contributed by atoms with Crippen LogP contribution in [0.1, 0.15) is 18.6 Å². The Morgan fingerprint density at radius 3 is 2.67 bits per heavy atom. The van der Waals surface area contributed by atoms with Gasteiger partial charge in [0.1, 0.15) is 0 Å². The van der Waals surface area contributed by atoms with E-state index in [2.05, 4.69) is 0 Å². The molecular formula is C11H10N2O5. The van der Waals surface area contributed by atoms with E-state index >= 15 is 0 Å². The molecule has 94 valence electrons. The molecule has 0 aliphatic rings. The average molecular weight is 250 g/mol. The van der Waals surface area contributed by atoms with Crippen LogP contribution in [0.2, 0.25) is 0 Å². The SMILES string of the molecule is CC(C)C(=O)n1c(=O)oc2cc([N+](=O)[O-])ccc21. The summed E-state index contributed by atoms with van der Waals surface area (Å²) in [5.41, 5.74) is 0.0768. The Morgan fingerprint density at radius 2 is 2.11 bits per heavy atom. The number of aromatic nitrogens is 1. The van der Waals surface area contributed by atoms with Gasteiger partial charge in [-0.1, -0.05) is 13.8 Å². The zero-order chi connectivity index (χ0) is 13.4. The topological polar surface area (TPSA) is 95.3 Å². The summed E-state index contributed by atoms with van der Waals surface area (Å²) in [5, 5.41) is 10.6. The van der Waals surface area contributed by atoms with Gasteiger partial charge in [-0.3, -0.25) is 14.9 Å². The molecule has 0 fully saturated rings. The van der Waals surface area contributed by atoms with Crippen LogP contribution in [0.3, 0.4) is 0 Å². The fraction of sp³-hybridized carbons (Fsp3) is 0.273. The van der Waals surface area contributed by atoms with Crippen molar-refractivity contribution >= 4 is 22.7 Å². The zero-order valence-corrected chi connectivity index (χ0v) is 9.75. The largest absolute Gasteiger partial charge is 0.426 e. The predicted octanol–water partition coefficient (Wildman–Crippen LogP) is 1.80. The number of fused-ring (bicyclic) bond motifs is 1. The monoisotopic (exact) mass is 250 g/mol. The van der Waals surface area contributed by atoms with E-state index < -0.39 is 16.6 Å². The van der Waals surface area contributed by atoms with E-state index in [1.165, 1.54) is 12.1 Å². The number of carbonyl (C=O) groups is 1. The van der Waals surface area contributed by atoms with Crippen LogP contribution in [0.4, 0.5) is 5.69 Å². The molecule has 7 heteroatoms. The molecule has 0 aliphatic heterocycles. The smallest absolute Gasteiger partial charge is 0.407 e. The highest BCUT2D eigenvalue weighted by molar-refractivity contribution is 5.90. The third kappa shape index (κ3) is 1.79. The molecule has 7 nitrogen and oxygen atoms in total. The minimum Gasteiger partial charge on any atom is -0.407 e. The lowest BCUT2D eigenvalue weighted by atomic mass is 10.2. The van der Waals surface area contributed by atoms with E-state index in [1.807, 2.05) is 0 Å². The van der Waals surface area contributed by atoms with Crippen molar-refractivity contribution in [3.63, 3.8) is 0 Å². The molecule has 0 aliphatic carbocycles. The van der Waals surface area contributed by atoms with Gasteiger partial charge in [0.15, 0.2) is 5.58 Å². The molecule has 0 saturated heterocycles. The van der Waals surface area contributed by atoms with Crippen LogP contribution in [0.15, 0.2) is 27.4 Å². The number of oxazole rings is 1. The number of nitro benzene ring substituents is 1. The lowest BCUT2D eigenvalue weighted by molar-refractivity contribution is -0.384. The molecule has 0 saturated carbocycles. The number of non-ortho nitro benzene ring substituents is 1. The third-order valence-corrected chi connectivity index (χ3v) is 2.49. The fourth-order valence-corrected chi connectivity index (χ4v) is 1.59. The lowest BCUT2D eigenvalue weighted by Crippen LogP contribution is -2.26. The molecule has 0 unspecified atom stereocenters. The number of hydrogen-bond acceptors (Lipinski definition) is 5. The molecule has 18 heavy (non-hydrogen) atoms. The van der Waals surface area contributed by atoms with Gasteiger partial charge in [0.25, 0.3) is 5.69 Å². The van der Waals surface area contributed by atoms with E-state index in [9.17, 15) is 19.7 Å². The molecule has 1 aromatic carbocycles. The number of rotatable bonds is 2. The van der Waals surface area contributed by atoms with E-state index in [0.717, 1.165) is 10.6 Å². The first-order valence-electron chi connectivity index (χ1n) is 5.26. The molecule has 0 radical (unpaired) electrons. The molecule has 2 rings (SSSR count). The maximum Gasteiger partial charge on any atom is 0.426 e. The van der Waals surface area contributed by atoms with E-state index in [4.69, 9.17) is 4.42 Å². The lowest BCUT2D eigenvalue weighted by Gasteiger charge is -2.03. The Hall–Kier alpha value is -2.44. The summed E-state index contributed by atoms with van der Waals surface area (Å²) >= 11 is 0. The van der Waals surface area contributed by atoms with Crippen LogP contribution in [-0.2, 0) is 0 Å². The standard InChI is InChI=1S/C11H10N2O5/c1-6(2)10(14)12-8-4-3-7(13(16)17)5-9(8)18-11(12)15/h3-6H,1-2H3. The molecule has 1 aromatic heterocycles. The Labute approximate surface area is 101 Å². The second-order valence-electron chi connectivity index (χ2n) is 4.11. The van der Waals surface area contributed by atoms with Crippen LogP contribution < -0.4 is 5.76 Å². The first kappa shape index (κ1) is 12.0. The van der Waals surface area contributed by atoms with Gasteiger partial charge in [-0.15, -0.1) is 0 Å². The van der Waals surface area contributed by atoms with Crippen molar-refractivity contribution in [1.29, 1.82) is 0 Å². The van der Waals surface area contributed by atoms with Gasteiger partial charge in [-0.2, -0.15) is 0 Å². The van der Waals surface area contributed by atoms with Crippen molar-refractivity contribution in [2.45, 2.75) is 13.8 Å². The molecule has 0 N–H and O–H groups in total. The zero-order valence-electron chi connectivity index (χ0n) is 9.75. The molecular weight excluding hydrogens is 240 g/mol. The molecule has 2 aromatic rings. The highest BCUT2D eigenvalue weighted by Gasteiger charge is 2.20. The van der Waals surface area contributed by atoms with Crippen LogP contribution in [0.5, 0.6) is 0 Å². The summed E-state index contributed by atoms with van der Waals surface area (Å²) in [4.78, 5) is 33.4. The molecule has 0 bridgehead atoms. The Balaban J connectivity index is 2.70. The van der Waals surface area contributed by atoms with Gasteiger partial charge in [-0.25, -0.2) is 9.36 Å². The van der Waals surface area contributed by atoms with Crippen LogP contribution in [-0.4, -0.2) is 15.4 Å². The number of hydrogen-bond donors (Lipinski definition) is 0. The van der Waals surface area contributed by atoms with E-state index in [1.54, 1.807) is 13.8 Å². The van der Waals surface area contributed by atoms with Crippen molar-refractivity contribution in [3.8, 4) is 0 Å². The molecule has 0 amide bonds. The summed E-state index contributed by atoms with van der Waals surface area (Å²) < 4.78 is 5.74. The number of nitro groups is 1. The number of nitrogens with zero attached hydrogens (tertiary/aromatic N) is 2. The first-order valence-corrected chi connectivity index (χ1v) is 5.26. The highest BCUT2D eigenvalue weighted by Crippen LogP contribution is 2.20. The van der Waals surface area contributed by atoms with Crippen molar-refractivity contribution in [3.05, 3.63) is 38.9 Å². The van der Waals surface area contributed by atoms with Crippen molar-refractivity contribution in [1.82, 2.24) is 4.57 Å². The van der Waals surface area contributed by atoms with Gasteiger partial charge in [0.2, 0.25) is 5.91 Å². The van der Waals surface area contributed by atoms with Gasteiger partial charge < -0.3 is 4.42 Å². The fourth-order valence-electron chi connectivity index (χ4n) is 1.59. The Bertz CT molecular complexity index is 695. The normalized spacial score (nSPS) is 11.1. The second kappa shape index (κ2) is 4.10. The van der Waals surface area contributed by atoms with E-state index in [0.29, 0.717) is 0 Å². The Kier molecular flexibility index (Phi) is 2.74. The third-order valence-electron chi connectivity index (χ3n) is 2.49. The van der Waals surface area contributed by atoms with Crippen molar-refractivity contribution in [2.75, 3.05) is 0 Å². The number of carbonyl (C=O) groups excluding carboxylic acids is 1. The summed E-state index contributed by atoms with van der Waals surface area (Å²) in [6.07, 6.45) is 0. The summed E-state index contributed by atoms with van der Waals surface area (Å²) in [6.45, 7) is 3.30. The summed E-state index contributed by atoms with van der Waals surface area (Å²) in [6, 6.07) is 3.68. The average Bonchev–Trinajstić information content (AvgIpc) is 2.62. The van der Waals surface area contributed by atoms with Gasteiger partial charge in [-0.05, 0) is 6.07 Å². The van der Waals surface area contributed by atoms with Crippen LogP contribution in [0, 0.1) is 16.0 Å². The van der Waals surface area contributed by atoms with Gasteiger partial charge in [0.05, 0.1) is 16.5 Å². The van der Waals surface area contributed by atoms with Gasteiger partial charge in [0, 0.05) is 12.0 Å². The number of benzene rings is 1. The summed E-state index contributed by atoms with van der Waals surface area (Å²) in [7, 11) is 0. The minimum atomic E-state index is -0.829.